The molecule has 1 aliphatic rings. The molecule has 0 atom stereocenters. The van der Waals surface area contributed by atoms with E-state index in [1.54, 1.807) is 14.1 Å². The Morgan fingerprint density at radius 2 is 1.80 bits per heavy atom. The van der Waals surface area contributed by atoms with Crippen LogP contribution in [0.25, 0.3) is 0 Å². The summed E-state index contributed by atoms with van der Waals surface area (Å²) in [5.74, 6) is -0.750. The van der Waals surface area contributed by atoms with Gasteiger partial charge in [0.2, 0.25) is 0 Å². The van der Waals surface area contributed by atoms with Crippen LogP contribution in [0.4, 0.5) is 5.69 Å². The topological polar surface area (TPSA) is 69.9 Å². The van der Waals surface area contributed by atoms with Crippen molar-refractivity contribution in [3.63, 3.8) is 0 Å². The lowest BCUT2D eigenvalue weighted by molar-refractivity contribution is -0.703. The first kappa shape index (κ1) is 9.67. The van der Waals surface area contributed by atoms with E-state index >= 15 is 0 Å². The van der Waals surface area contributed by atoms with Gasteiger partial charge in [-0.15, -0.1) is 0 Å². The SMILES string of the molecule is C[N+]1(C)C=Nc2cc(O)c(O)cc2C1=O. The third kappa shape index (κ3) is 1.37. The molecule has 15 heavy (non-hydrogen) atoms. The highest BCUT2D eigenvalue weighted by Gasteiger charge is 2.33. The van der Waals surface area contributed by atoms with E-state index in [-0.39, 0.29) is 21.9 Å². The summed E-state index contributed by atoms with van der Waals surface area (Å²) in [4.78, 5) is 15.9. The summed E-state index contributed by atoms with van der Waals surface area (Å²) >= 11 is 0. The van der Waals surface area contributed by atoms with Crippen LogP contribution in [0.1, 0.15) is 10.4 Å². The monoisotopic (exact) mass is 207 g/mol. The smallest absolute Gasteiger partial charge is 0.353 e. The Balaban J connectivity index is 2.66. The van der Waals surface area contributed by atoms with Gasteiger partial charge in [0, 0.05) is 12.1 Å². The van der Waals surface area contributed by atoms with Crippen LogP contribution >= 0.6 is 0 Å². The number of aromatic hydroxyl groups is 2. The maximum absolute atomic E-state index is 11.9. The Morgan fingerprint density at radius 1 is 1.20 bits per heavy atom. The Bertz CT molecular complexity index is 478. The first-order valence-corrected chi connectivity index (χ1v) is 4.41. The average molecular weight is 207 g/mol. The number of quaternary nitrogens is 1. The van der Waals surface area contributed by atoms with Gasteiger partial charge in [-0.25, -0.2) is 14.3 Å². The standard InChI is InChI=1S/C10H10N2O3/c1-12(2)5-11-7-4-9(14)8(13)3-6(7)10(12)15/h3-5H,1-2H3,(H-,13,14,15)/p+1. The molecule has 5 heteroatoms. The largest absolute Gasteiger partial charge is 0.504 e. The third-order valence-electron chi connectivity index (χ3n) is 2.33. The van der Waals surface area contributed by atoms with E-state index in [0.717, 1.165) is 0 Å². The van der Waals surface area contributed by atoms with Crippen molar-refractivity contribution in [1.82, 2.24) is 0 Å². The predicted octanol–water partition coefficient (Wildman–Crippen LogP) is 0.988. The van der Waals surface area contributed by atoms with E-state index < -0.39 is 0 Å². The van der Waals surface area contributed by atoms with E-state index in [0.29, 0.717) is 11.3 Å². The first-order chi connectivity index (χ1) is 6.92. The van der Waals surface area contributed by atoms with Crippen molar-refractivity contribution in [1.29, 1.82) is 0 Å². The van der Waals surface area contributed by atoms with Gasteiger partial charge < -0.3 is 10.2 Å². The molecule has 0 unspecified atom stereocenters. The molecule has 0 radical (unpaired) electrons. The molecule has 1 aromatic rings. The van der Waals surface area contributed by atoms with Gasteiger partial charge in [0.25, 0.3) is 0 Å². The Hall–Kier alpha value is -1.88. The van der Waals surface area contributed by atoms with Crippen molar-refractivity contribution in [3.05, 3.63) is 17.7 Å². The van der Waals surface area contributed by atoms with Crippen molar-refractivity contribution in [2.75, 3.05) is 14.1 Å². The minimum atomic E-state index is -0.306. The minimum absolute atomic E-state index is 0.00276. The Kier molecular flexibility index (Phi) is 1.81. The molecule has 2 rings (SSSR count). The maximum atomic E-state index is 11.9. The molecular weight excluding hydrogens is 196 g/mol. The fraction of sp³-hybridized carbons (Fsp3) is 0.200. The van der Waals surface area contributed by atoms with Gasteiger partial charge >= 0.3 is 5.91 Å². The molecule has 5 nitrogen and oxygen atoms in total. The van der Waals surface area contributed by atoms with Crippen LogP contribution in [0.15, 0.2) is 17.1 Å². The van der Waals surface area contributed by atoms with Crippen molar-refractivity contribution in [2.24, 2.45) is 4.99 Å². The van der Waals surface area contributed by atoms with Crippen LogP contribution in [0.3, 0.4) is 0 Å². The lowest BCUT2D eigenvalue weighted by Crippen LogP contribution is -2.45. The lowest BCUT2D eigenvalue weighted by atomic mass is 10.1. The molecule has 1 aromatic carbocycles. The summed E-state index contributed by atoms with van der Waals surface area (Å²) in [6.45, 7) is 0. The molecular formula is C10H11N2O3+. The van der Waals surface area contributed by atoms with Crippen LogP contribution in [-0.4, -0.2) is 41.0 Å². The summed E-state index contributed by atoms with van der Waals surface area (Å²) in [6, 6.07) is 2.52. The fourth-order valence-corrected chi connectivity index (χ4v) is 1.41. The molecule has 1 amide bonds. The summed E-state index contributed by atoms with van der Waals surface area (Å²) in [7, 11) is 3.39. The maximum Gasteiger partial charge on any atom is 0.353 e. The van der Waals surface area contributed by atoms with Crippen molar-refractivity contribution in [2.45, 2.75) is 0 Å². The van der Waals surface area contributed by atoms with Crippen LogP contribution in [0.2, 0.25) is 0 Å². The van der Waals surface area contributed by atoms with E-state index in [4.69, 9.17) is 0 Å². The number of phenolic OH excluding ortho intramolecular Hbond substituents is 2. The van der Waals surface area contributed by atoms with Gasteiger partial charge in [0.15, 0.2) is 17.8 Å². The fourth-order valence-electron chi connectivity index (χ4n) is 1.41. The van der Waals surface area contributed by atoms with Gasteiger partial charge in [-0.05, 0) is 0 Å². The molecule has 2 N–H and O–H groups in total. The number of fused-ring (bicyclic) bond motifs is 1. The Morgan fingerprint density at radius 3 is 2.47 bits per heavy atom. The number of carbonyl (C=O) groups is 1. The second kappa shape index (κ2) is 2.80. The minimum Gasteiger partial charge on any atom is -0.504 e. The van der Waals surface area contributed by atoms with E-state index in [1.807, 2.05) is 0 Å². The molecule has 0 saturated carbocycles. The number of phenols is 2. The van der Waals surface area contributed by atoms with Crippen molar-refractivity contribution >= 4 is 17.9 Å². The number of amides is 1. The van der Waals surface area contributed by atoms with Gasteiger partial charge in [-0.3, -0.25) is 0 Å². The zero-order valence-electron chi connectivity index (χ0n) is 8.43. The average Bonchev–Trinajstić information content (AvgIpc) is 2.16. The molecule has 0 spiro atoms. The normalized spacial score (nSPS) is 17.6. The molecule has 0 fully saturated rings. The quantitative estimate of drug-likeness (QED) is 0.492. The van der Waals surface area contributed by atoms with Crippen LogP contribution < -0.4 is 0 Å². The summed E-state index contributed by atoms with van der Waals surface area (Å²) in [6.07, 6.45) is 1.49. The second-order valence-electron chi connectivity index (χ2n) is 3.95. The highest BCUT2D eigenvalue weighted by Crippen LogP contribution is 2.35. The molecule has 78 valence electrons. The van der Waals surface area contributed by atoms with E-state index in [1.165, 1.54) is 18.5 Å². The van der Waals surface area contributed by atoms with Gasteiger partial charge in [0.1, 0.15) is 5.56 Å². The second-order valence-corrected chi connectivity index (χ2v) is 3.95. The number of hydrogen-bond acceptors (Lipinski definition) is 4. The van der Waals surface area contributed by atoms with Gasteiger partial charge in [-0.1, -0.05) is 0 Å². The number of hydrogen-bond donors (Lipinski definition) is 2. The summed E-state index contributed by atoms with van der Waals surface area (Å²) in [5, 5.41) is 18.6. The zero-order valence-corrected chi connectivity index (χ0v) is 8.43. The predicted molar refractivity (Wildman–Crippen MR) is 54.4 cm³/mol. The lowest BCUT2D eigenvalue weighted by Gasteiger charge is -2.24. The van der Waals surface area contributed by atoms with Crippen LogP contribution in [-0.2, 0) is 0 Å². The highest BCUT2D eigenvalue weighted by molar-refractivity contribution is 6.01. The molecule has 1 aliphatic heterocycles. The van der Waals surface area contributed by atoms with Crippen molar-refractivity contribution in [3.8, 4) is 11.5 Å². The number of nitrogens with zero attached hydrogens (tertiary/aromatic N) is 2. The summed E-state index contributed by atoms with van der Waals surface area (Å²) in [5.41, 5.74) is 0.700. The van der Waals surface area contributed by atoms with E-state index in [2.05, 4.69) is 4.99 Å². The van der Waals surface area contributed by atoms with Crippen molar-refractivity contribution < 1.29 is 19.5 Å². The molecule has 0 aliphatic carbocycles. The summed E-state index contributed by atoms with van der Waals surface area (Å²) < 4.78 is -0.00276. The number of benzene rings is 1. The van der Waals surface area contributed by atoms with Gasteiger partial charge in [0.05, 0.1) is 19.8 Å². The van der Waals surface area contributed by atoms with Crippen LogP contribution in [0, 0.1) is 0 Å². The molecule has 0 saturated heterocycles. The van der Waals surface area contributed by atoms with E-state index in [9.17, 15) is 15.0 Å². The number of aliphatic imine (C=N–C) groups is 1. The van der Waals surface area contributed by atoms with Gasteiger partial charge in [-0.2, -0.15) is 0 Å². The third-order valence-corrected chi connectivity index (χ3v) is 2.33. The number of carbonyl (C=O) groups excluding carboxylic acids is 1. The Labute approximate surface area is 86.5 Å². The highest BCUT2D eigenvalue weighted by atomic mass is 16.3. The zero-order chi connectivity index (χ0) is 11.2. The molecule has 1 heterocycles. The molecule has 0 aromatic heterocycles. The van der Waals surface area contributed by atoms with Crippen LogP contribution in [0.5, 0.6) is 11.5 Å². The molecule has 0 bridgehead atoms. The number of rotatable bonds is 0. The first-order valence-electron chi connectivity index (χ1n) is 4.41.